The maximum Gasteiger partial charge on any atom is 0.257 e. The molecule has 4 aromatic rings. The maximum absolute atomic E-state index is 14.7. The van der Waals surface area contributed by atoms with Crippen LogP contribution in [0.25, 0.3) is 22.2 Å². The first-order valence-corrected chi connectivity index (χ1v) is 11.9. The summed E-state index contributed by atoms with van der Waals surface area (Å²) in [6.07, 6.45) is -0.716. The highest BCUT2D eigenvalue weighted by atomic mass is 35.5. The Morgan fingerprint density at radius 2 is 1.74 bits per heavy atom. The Balaban J connectivity index is 1.07. The molecule has 3 aromatic carbocycles. The second kappa shape index (κ2) is 10.7. The van der Waals surface area contributed by atoms with Crippen molar-refractivity contribution in [3.8, 4) is 17.2 Å². The van der Waals surface area contributed by atoms with E-state index in [4.69, 9.17) is 20.9 Å². The Hall–Kier alpha value is -3.04. The number of β-amino-alcohol motifs (C(OH)–C–C–N with tert-alkyl or cyclic N) is 1. The van der Waals surface area contributed by atoms with E-state index in [9.17, 15) is 9.50 Å². The third kappa shape index (κ3) is 5.79. The first-order valence-electron chi connectivity index (χ1n) is 11.6. The van der Waals surface area contributed by atoms with Crippen molar-refractivity contribution in [3.05, 3.63) is 77.3 Å². The molecule has 182 valence electrons. The molecule has 0 spiro atoms. The van der Waals surface area contributed by atoms with Crippen LogP contribution in [0.5, 0.6) is 5.75 Å². The number of aliphatic hydroxyl groups excluding tert-OH is 1. The number of fused-ring (bicyclic) bond motifs is 1. The zero-order chi connectivity index (χ0) is 24.2. The Morgan fingerprint density at radius 3 is 2.54 bits per heavy atom. The largest absolute Gasteiger partial charge is 0.488 e. The molecule has 9 heteroatoms. The highest BCUT2D eigenvalue weighted by Crippen LogP contribution is 2.26. The molecule has 7 nitrogen and oxygen atoms in total. The monoisotopic (exact) mass is 496 g/mol. The number of aliphatic hydroxyl groups is 1. The number of ether oxygens (including phenoxy) is 1. The van der Waals surface area contributed by atoms with Crippen LogP contribution in [0.2, 0.25) is 5.02 Å². The SMILES string of the molecule is O[C@@H](COc1ccc2ccccc2c1F)CN1CCN(Cc2noc(-c3ccc(Cl)cc3)n2)CC1. The van der Waals surface area contributed by atoms with Crippen LogP contribution in [0.1, 0.15) is 5.82 Å². The highest BCUT2D eigenvalue weighted by Gasteiger charge is 2.21. The summed E-state index contributed by atoms with van der Waals surface area (Å²) in [5.74, 6) is 0.866. The molecular weight excluding hydrogens is 471 g/mol. The van der Waals surface area contributed by atoms with Crippen LogP contribution in [-0.4, -0.2) is 70.5 Å². The van der Waals surface area contributed by atoms with E-state index in [2.05, 4.69) is 19.9 Å². The average Bonchev–Trinajstić information content (AvgIpc) is 3.34. The van der Waals surface area contributed by atoms with Gasteiger partial charge >= 0.3 is 0 Å². The fraction of sp³-hybridized carbons (Fsp3) is 0.308. The topological polar surface area (TPSA) is 74.9 Å². The van der Waals surface area contributed by atoms with Crippen molar-refractivity contribution < 1.29 is 18.8 Å². The molecule has 0 amide bonds. The predicted octanol–water partition coefficient (Wildman–Crippen LogP) is 4.24. The second-order valence-electron chi connectivity index (χ2n) is 8.66. The minimum Gasteiger partial charge on any atom is -0.488 e. The Morgan fingerprint density at radius 1 is 1.00 bits per heavy atom. The average molecular weight is 497 g/mol. The third-order valence-corrected chi connectivity index (χ3v) is 6.37. The molecule has 1 atom stereocenters. The van der Waals surface area contributed by atoms with E-state index in [1.165, 1.54) is 0 Å². The van der Waals surface area contributed by atoms with Crippen LogP contribution in [0, 0.1) is 5.82 Å². The second-order valence-corrected chi connectivity index (χ2v) is 9.10. The van der Waals surface area contributed by atoms with Gasteiger partial charge in [-0.15, -0.1) is 0 Å². The Bertz CT molecular complexity index is 1280. The summed E-state index contributed by atoms with van der Waals surface area (Å²) in [6, 6.07) is 17.9. The van der Waals surface area contributed by atoms with E-state index in [0.29, 0.717) is 35.2 Å². The molecule has 0 unspecified atom stereocenters. The molecule has 0 aliphatic carbocycles. The van der Waals surface area contributed by atoms with Gasteiger partial charge in [-0.1, -0.05) is 47.1 Å². The van der Waals surface area contributed by atoms with Gasteiger partial charge in [-0.25, -0.2) is 4.39 Å². The standard InChI is InChI=1S/C26H26ClFN4O3/c27-20-8-5-19(6-9-20)26-29-24(30-35-26)16-32-13-11-31(12-14-32)15-21(33)17-34-23-10-7-18-3-1-2-4-22(18)25(23)28/h1-10,21,33H,11-17H2/t21-/m1/s1. The minimum absolute atomic E-state index is 0.0335. The van der Waals surface area contributed by atoms with Gasteiger partial charge in [0.2, 0.25) is 0 Å². The van der Waals surface area contributed by atoms with Gasteiger partial charge in [0.25, 0.3) is 5.89 Å². The van der Waals surface area contributed by atoms with E-state index in [1.54, 1.807) is 30.3 Å². The summed E-state index contributed by atoms with van der Waals surface area (Å²) in [5, 5.41) is 16.5. The van der Waals surface area contributed by atoms with Crippen molar-refractivity contribution >= 4 is 22.4 Å². The molecule has 1 N–H and O–H groups in total. The van der Waals surface area contributed by atoms with Crippen LogP contribution in [0.4, 0.5) is 4.39 Å². The predicted molar refractivity (Wildman–Crippen MR) is 132 cm³/mol. The van der Waals surface area contributed by atoms with Crippen molar-refractivity contribution in [2.75, 3.05) is 39.3 Å². The summed E-state index contributed by atoms with van der Waals surface area (Å²) in [7, 11) is 0. The molecular formula is C26H26ClFN4O3. The van der Waals surface area contributed by atoms with Gasteiger partial charge in [-0.2, -0.15) is 4.98 Å². The number of piperazine rings is 1. The molecule has 1 aliphatic heterocycles. The lowest BCUT2D eigenvalue weighted by molar-refractivity contribution is 0.0432. The van der Waals surface area contributed by atoms with Crippen molar-refractivity contribution in [2.45, 2.75) is 12.6 Å². The van der Waals surface area contributed by atoms with Crippen LogP contribution in [-0.2, 0) is 6.54 Å². The number of nitrogens with zero attached hydrogens (tertiary/aromatic N) is 4. The van der Waals surface area contributed by atoms with Crippen molar-refractivity contribution in [3.63, 3.8) is 0 Å². The minimum atomic E-state index is -0.716. The first-order chi connectivity index (χ1) is 17.0. The number of halogens is 2. The number of rotatable bonds is 8. The van der Waals surface area contributed by atoms with E-state index < -0.39 is 11.9 Å². The van der Waals surface area contributed by atoms with Gasteiger partial charge in [-0.3, -0.25) is 9.80 Å². The van der Waals surface area contributed by atoms with Crippen molar-refractivity contribution in [1.82, 2.24) is 19.9 Å². The lowest BCUT2D eigenvalue weighted by Gasteiger charge is -2.34. The van der Waals surface area contributed by atoms with Gasteiger partial charge in [0, 0.05) is 48.7 Å². The van der Waals surface area contributed by atoms with Crippen molar-refractivity contribution in [2.24, 2.45) is 0 Å². The number of hydrogen-bond acceptors (Lipinski definition) is 7. The summed E-state index contributed by atoms with van der Waals surface area (Å²) < 4.78 is 25.7. The van der Waals surface area contributed by atoms with Gasteiger partial charge < -0.3 is 14.4 Å². The lowest BCUT2D eigenvalue weighted by Crippen LogP contribution is -2.48. The molecule has 1 aromatic heterocycles. The molecule has 1 aliphatic rings. The van der Waals surface area contributed by atoms with E-state index in [0.717, 1.165) is 37.1 Å². The molecule has 35 heavy (non-hydrogen) atoms. The fourth-order valence-electron chi connectivity index (χ4n) is 4.22. The van der Waals surface area contributed by atoms with Crippen LogP contribution in [0.15, 0.2) is 65.2 Å². The lowest BCUT2D eigenvalue weighted by atomic mass is 10.1. The summed E-state index contributed by atoms with van der Waals surface area (Å²) >= 11 is 5.93. The van der Waals surface area contributed by atoms with Gasteiger partial charge in [0.1, 0.15) is 12.7 Å². The summed E-state index contributed by atoms with van der Waals surface area (Å²) in [6.45, 7) is 4.32. The van der Waals surface area contributed by atoms with Gasteiger partial charge in [0.05, 0.1) is 6.54 Å². The third-order valence-electron chi connectivity index (χ3n) is 6.12. The maximum atomic E-state index is 14.7. The summed E-state index contributed by atoms with van der Waals surface area (Å²) in [5.41, 5.74) is 0.831. The molecule has 2 heterocycles. The number of aromatic nitrogens is 2. The van der Waals surface area contributed by atoms with E-state index in [-0.39, 0.29) is 12.4 Å². The number of hydrogen-bond donors (Lipinski definition) is 1. The van der Waals surface area contributed by atoms with Crippen LogP contribution in [0.3, 0.4) is 0 Å². The van der Waals surface area contributed by atoms with Gasteiger partial charge in [0.15, 0.2) is 17.4 Å². The Labute approximate surface area is 207 Å². The molecule has 1 saturated heterocycles. The zero-order valence-electron chi connectivity index (χ0n) is 19.1. The molecule has 5 rings (SSSR count). The quantitative estimate of drug-likeness (QED) is 0.391. The summed E-state index contributed by atoms with van der Waals surface area (Å²) in [4.78, 5) is 8.92. The highest BCUT2D eigenvalue weighted by molar-refractivity contribution is 6.30. The molecule has 0 radical (unpaired) electrons. The normalized spacial score (nSPS) is 16.0. The molecule has 1 fully saturated rings. The van der Waals surface area contributed by atoms with E-state index in [1.807, 2.05) is 30.3 Å². The van der Waals surface area contributed by atoms with Crippen LogP contribution < -0.4 is 4.74 Å². The van der Waals surface area contributed by atoms with E-state index >= 15 is 0 Å². The fourth-order valence-corrected chi connectivity index (χ4v) is 4.35. The smallest absolute Gasteiger partial charge is 0.257 e. The Kier molecular flexibility index (Phi) is 7.24. The zero-order valence-corrected chi connectivity index (χ0v) is 19.9. The van der Waals surface area contributed by atoms with Crippen LogP contribution >= 0.6 is 11.6 Å². The van der Waals surface area contributed by atoms with Gasteiger partial charge in [-0.05, 0) is 35.7 Å². The van der Waals surface area contributed by atoms with Crippen molar-refractivity contribution in [1.29, 1.82) is 0 Å². The number of benzene rings is 3. The molecule has 0 bridgehead atoms. The first kappa shape index (κ1) is 23.7. The molecule has 0 saturated carbocycles.